The van der Waals surface area contributed by atoms with Gasteiger partial charge in [-0.3, -0.25) is 0 Å². The zero-order chi connectivity index (χ0) is 17.9. The van der Waals surface area contributed by atoms with E-state index in [0.717, 1.165) is 22.8 Å². The van der Waals surface area contributed by atoms with Crippen molar-refractivity contribution in [3.8, 4) is 34.1 Å². The van der Waals surface area contributed by atoms with E-state index in [-0.39, 0.29) is 5.56 Å². The molecule has 5 heteroatoms. The van der Waals surface area contributed by atoms with E-state index in [9.17, 15) is 4.39 Å². The molecule has 128 valence electrons. The quantitative estimate of drug-likeness (QED) is 0.459. The molecule has 3 aromatic carbocycles. The number of rotatable bonds is 4. The van der Waals surface area contributed by atoms with Gasteiger partial charge >= 0.3 is 0 Å². The van der Waals surface area contributed by atoms with Gasteiger partial charge < -0.3 is 9.72 Å². The van der Waals surface area contributed by atoms with E-state index in [4.69, 9.17) is 16.3 Å². The first kappa shape index (κ1) is 16.4. The van der Waals surface area contributed by atoms with Gasteiger partial charge in [-0.1, -0.05) is 35.9 Å². The van der Waals surface area contributed by atoms with Gasteiger partial charge in [0, 0.05) is 0 Å². The number of aromatic nitrogens is 2. The van der Waals surface area contributed by atoms with Gasteiger partial charge in [0.15, 0.2) is 0 Å². The van der Waals surface area contributed by atoms with Gasteiger partial charge in [0.2, 0.25) is 0 Å². The number of aromatic amines is 1. The second kappa shape index (κ2) is 7.02. The molecule has 0 radical (unpaired) electrons. The van der Waals surface area contributed by atoms with E-state index in [1.165, 1.54) is 6.07 Å². The molecule has 1 aromatic heterocycles. The van der Waals surface area contributed by atoms with Gasteiger partial charge in [0.25, 0.3) is 0 Å². The highest BCUT2D eigenvalue weighted by Gasteiger charge is 2.13. The Morgan fingerprint density at radius 2 is 1.58 bits per heavy atom. The zero-order valence-electron chi connectivity index (χ0n) is 13.6. The van der Waals surface area contributed by atoms with E-state index in [1.807, 2.05) is 54.6 Å². The Balaban J connectivity index is 1.58. The number of H-pyrrole nitrogens is 1. The number of nitrogens with zero attached hydrogens (tertiary/aromatic N) is 1. The summed E-state index contributed by atoms with van der Waals surface area (Å²) in [6.07, 6.45) is 1.66. The van der Waals surface area contributed by atoms with Gasteiger partial charge in [-0.05, 0) is 54.1 Å². The molecule has 26 heavy (non-hydrogen) atoms. The van der Waals surface area contributed by atoms with Crippen molar-refractivity contribution >= 4 is 11.6 Å². The Bertz CT molecular complexity index is 1010. The molecule has 0 spiro atoms. The van der Waals surface area contributed by atoms with Gasteiger partial charge in [0.1, 0.15) is 23.1 Å². The Labute approximate surface area is 155 Å². The molecule has 4 aromatic rings. The first-order chi connectivity index (χ1) is 12.7. The number of halogens is 2. The molecule has 1 heterocycles. The minimum Gasteiger partial charge on any atom is -0.457 e. The summed E-state index contributed by atoms with van der Waals surface area (Å²) in [6.45, 7) is 0. The molecule has 0 aliphatic carbocycles. The summed E-state index contributed by atoms with van der Waals surface area (Å²) in [7, 11) is 0. The molecule has 3 nitrogen and oxygen atoms in total. The fourth-order valence-corrected chi connectivity index (χ4v) is 2.90. The van der Waals surface area contributed by atoms with Crippen LogP contribution in [0.15, 0.2) is 79.0 Å². The fourth-order valence-electron chi connectivity index (χ4n) is 2.65. The van der Waals surface area contributed by atoms with Gasteiger partial charge in [-0.15, -0.1) is 0 Å². The number of nitrogens with one attached hydrogen (secondary N) is 1. The summed E-state index contributed by atoms with van der Waals surface area (Å²) in [5.41, 5.74) is 1.95. The lowest BCUT2D eigenvalue weighted by Gasteiger charge is -2.06. The second-order valence-corrected chi connectivity index (χ2v) is 6.09. The molecule has 0 saturated carbocycles. The van der Waals surface area contributed by atoms with Crippen molar-refractivity contribution in [3.63, 3.8) is 0 Å². The summed E-state index contributed by atoms with van der Waals surface area (Å²) in [6, 6.07) is 21.7. The largest absolute Gasteiger partial charge is 0.457 e. The summed E-state index contributed by atoms with van der Waals surface area (Å²) in [5.74, 6) is 1.49. The number of hydrogen-bond donors (Lipinski definition) is 1. The van der Waals surface area contributed by atoms with Crippen LogP contribution >= 0.6 is 11.6 Å². The van der Waals surface area contributed by atoms with Crippen LogP contribution in [-0.4, -0.2) is 9.97 Å². The van der Waals surface area contributed by atoms with E-state index < -0.39 is 5.82 Å². The summed E-state index contributed by atoms with van der Waals surface area (Å²) >= 11 is 6.10. The van der Waals surface area contributed by atoms with Crippen LogP contribution in [0.1, 0.15) is 0 Å². The van der Waals surface area contributed by atoms with Gasteiger partial charge in [-0.25, -0.2) is 9.37 Å². The average molecular weight is 365 g/mol. The minimum atomic E-state index is -0.412. The third-order valence-electron chi connectivity index (χ3n) is 3.92. The lowest BCUT2D eigenvalue weighted by molar-refractivity contribution is 0.483. The molecule has 0 aliphatic heterocycles. The first-order valence-corrected chi connectivity index (χ1v) is 8.41. The van der Waals surface area contributed by atoms with Gasteiger partial charge in [0.05, 0.1) is 22.5 Å². The Morgan fingerprint density at radius 3 is 2.31 bits per heavy atom. The molecule has 0 saturated heterocycles. The maximum atomic E-state index is 14.0. The van der Waals surface area contributed by atoms with E-state index >= 15 is 0 Å². The second-order valence-electron chi connectivity index (χ2n) is 5.68. The first-order valence-electron chi connectivity index (χ1n) is 8.03. The number of benzene rings is 3. The predicted molar refractivity (Wildman–Crippen MR) is 101 cm³/mol. The van der Waals surface area contributed by atoms with Crippen LogP contribution in [0.25, 0.3) is 22.6 Å². The fraction of sp³-hybridized carbons (Fsp3) is 0. The van der Waals surface area contributed by atoms with E-state index in [2.05, 4.69) is 9.97 Å². The normalized spacial score (nSPS) is 10.7. The van der Waals surface area contributed by atoms with Crippen molar-refractivity contribution in [1.29, 1.82) is 0 Å². The average Bonchev–Trinajstić information content (AvgIpc) is 3.13. The van der Waals surface area contributed by atoms with Crippen LogP contribution in [0.5, 0.6) is 11.5 Å². The van der Waals surface area contributed by atoms with Crippen LogP contribution in [0.3, 0.4) is 0 Å². The van der Waals surface area contributed by atoms with Crippen molar-refractivity contribution in [2.24, 2.45) is 0 Å². The number of para-hydroxylation sites is 1. The highest BCUT2D eigenvalue weighted by atomic mass is 35.5. The third kappa shape index (κ3) is 3.32. The van der Waals surface area contributed by atoms with Crippen LogP contribution in [0.4, 0.5) is 4.39 Å². The summed E-state index contributed by atoms with van der Waals surface area (Å²) < 4.78 is 19.8. The molecular weight excluding hydrogens is 351 g/mol. The van der Waals surface area contributed by atoms with Crippen molar-refractivity contribution < 1.29 is 9.13 Å². The standard InChI is InChI=1S/C21H14ClFN2O/c22-17-7-4-8-18(23)20(17)21-24-13-19(25-21)14-9-11-16(12-10-14)26-15-5-2-1-3-6-15/h1-13H,(H,24,25). The summed E-state index contributed by atoms with van der Waals surface area (Å²) in [4.78, 5) is 7.38. The van der Waals surface area contributed by atoms with Crippen LogP contribution in [0, 0.1) is 5.82 Å². The molecule has 1 N–H and O–H groups in total. The minimum absolute atomic E-state index is 0.268. The highest BCUT2D eigenvalue weighted by molar-refractivity contribution is 6.33. The molecule has 0 unspecified atom stereocenters. The predicted octanol–water partition coefficient (Wildman–Crippen LogP) is 6.33. The topological polar surface area (TPSA) is 37.9 Å². The van der Waals surface area contributed by atoms with Crippen LogP contribution in [-0.2, 0) is 0 Å². The van der Waals surface area contributed by atoms with Crippen LogP contribution in [0.2, 0.25) is 5.02 Å². The van der Waals surface area contributed by atoms with Crippen molar-refractivity contribution in [3.05, 3.63) is 89.8 Å². The van der Waals surface area contributed by atoms with Crippen molar-refractivity contribution in [2.45, 2.75) is 0 Å². The smallest absolute Gasteiger partial charge is 0.142 e. The number of hydrogen-bond acceptors (Lipinski definition) is 2. The number of ether oxygens (including phenoxy) is 1. The molecule has 0 atom stereocenters. The lowest BCUT2D eigenvalue weighted by atomic mass is 10.1. The SMILES string of the molecule is Fc1cccc(Cl)c1-c1ncc(-c2ccc(Oc3ccccc3)cc2)[nH]1. The van der Waals surface area contributed by atoms with Gasteiger partial charge in [-0.2, -0.15) is 0 Å². The van der Waals surface area contributed by atoms with E-state index in [0.29, 0.717) is 10.8 Å². The van der Waals surface area contributed by atoms with E-state index in [1.54, 1.807) is 18.3 Å². The number of imidazole rings is 1. The van der Waals surface area contributed by atoms with Crippen molar-refractivity contribution in [1.82, 2.24) is 9.97 Å². The third-order valence-corrected chi connectivity index (χ3v) is 4.23. The molecule has 0 aliphatic rings. The molecule has 4 rings (SSSR count). The zero-order valence-corrected chi connectivity index (χ0v) is 14.4. The van der Waals surface area contributed by atoms with Crippen molar-refractivity contribution in [2.75, 3.05) is 0 Å². The Kier molecular flexibility index (Phi) is 4.42. The Morgan fingerprint density at radius 1 is 0.846 bits per heavy atom. The maximum absolute atomic E-state index is 14.0. The molecule has 0 fully saturated rings. The monoisotopic (exact) mass is 364 g/mol. The summed E-state index contributed by atoms with van der Waals surface area (Å²) in [5, 5.41) is 0.317. The molecule has 0 amide bonds. The maximum Gasteiger partial charge on any atom is 0.142 e. The van der Waals surface area contributed by atoms with Crippen LogP contribution < -0.4 is 4.74 Å². The molecular formula is C21H14ClFN2O. The lowest BCUT2D eigenvalue weighted by Crippen LogP contribution is -1.88. The highest BCUT2D eigenvalue weighted by Crippen LogP contribution is 2.31. The molecule has 0 bridgehead atoms. The Hall–Kier alpha value is -3.11.